The van der Waals surface area contributed by atoms with Crippen LogP contribution >= 0.6 is 0 Å². The average molecular weight is 219 g/mol. The summed E-state index contributed by atoms with van der Waals surface area (Å²) in [6.07, 6.45) is 4.27. The Kier molecular flexibility index (Phi) is 2.51. The van der Waals surface area contributed by atoms with Crippen LogP contribution in [0, 0.1) is 0 Å². The van der Waals surface area contributed by atoms with Crippen LogP contribution in [0.4, 0.5) is 0 Å². The molecule has 0 aliphatic carbocycles. The van der Waals surface area contributed by atoms with Gasteiger partial charge in [-0.2, -0.15) is 0 Å². The summed E-state index contributed by atoms with van der Waals surface area (Å²) in [5.41, 5.74) is 0.835. The predicted molar refractivity (Wildman–Crippen MR) is 57.1 cm³/mol. The van der Waals surface area contributed by atoms with Crippen molar-refractivity contribution < 1.29 is 4.74 Å². The molecule has 3 heterocycles. The first-order valence-electron chi connectivity index (χ1n) is 5.38. The number of ether oxygens (including phenoxy) is 1. The molecule has 6 heteroatoms. The van der Waals surface area contributed by atoms with Gasteiger partial charge in [-0.05, 0) is 0 Å². The third-order valence-corrected chi connectivity index (χ3v) is 2.71. The van der Waals surface area contributed by atoms with Crippen molar-refractivity contribution in [1.29, 1.82) is 0 Å². The molecule has 1 saturated heterocycles. The lowest BCUT2D eigenvalue weighted by Gasteiger charge is -2.22. The van der Waals surface area contributed by atoms with E-state index in [1.807, 2.05) is 10.5 Å². The van der Waals surface area contributed by atoms with Crippen molar-refractivity contribution >= 4 is 5.65 Å². The van der Waals surface area contributed by atoms with Crippen LogP contribution in [0.5, 0.6) is 0 Å². The van der Waals surface area contributed by atoms with Crippen molar-refractivity contribution in [2.75, 3.05) is 19.8 Å². The van der Waals surface area contributed by atoms with E-state index >= 15 is 0 Å². The van der Waals surface area contributed by atoms with E-state index in [2.05, 4.69) is 20.5 Å². The highest BCUT2D eigenvalue weighted by atomic mass is 16.5. The molecule has 1 N–H and O–H groups in total. The van der Waals surface area contributed by atoms with E-state index in [4.69, 9.17) is 4.74 Å². The molecule has 3 rings (SSSR count). The minimum absolute atomic E-state index is 0.321. The molecule has 1 unspecified atom stereocenters. The van der Waals surface area contributed by atoms with Gasteiger partial charge < -0.3 is 10.1 Å². The van der Waals surface area contributed by atoms with Gasteiger partial charge in [0.2, 0.25) is 0 Å². The average Bonchev–Trinajstić information content (AvgIpc) is 2.74. The fourth-order valence-electron chi connectivity index (χ4n) is 1.90. The van der Waals surface area contributed by atoms with E-state index in [9.17, 15) is 0 Å². The first-order valence-corrected chi connectivity index (χ1v) is 5.38. The van der Waals surface area contributed by atoms with Crippen molar-refractivity contribution in [3.63, 3.8) is 0 Å². The van der Waals surface area contributed by atoms with E-state index in [-0.39, 0.29) is 0 Å². The molecular formula is C10H13N5O. The molecule has 0 spiro atoms. The molecule has 0 bridgehead atoms. The van der Waals surface area contributed by atoms with Gasteiger partial charge in [-0.3, -0.25) is 4.40 Å². The maximum Gasteiger partial charge on any atom is 0.163 e. The van der Waals surface area contributed by atoms with Crippen molar-refractivity contribution in [2.45, 2.75) is 12.5 Å². The molecule has 84 valence electrons. The van der Waals surface area contributed by atoms with Gasteiger partial charge in [0.25, 0.3) is 0 Å². The second kappa shape index (κ2) is 4.15. The zero-order valence-corrected chi connectivity index (χ0v) is 8.83. The molecule has 16 heavy (non-hydrogen) atoms. The fraction of sp³-hybridized carbons (Fsp3) is 0.500. The van der Waals surface area contributed by atoms with Crippen LogP contribution < -0.4 is 5.32 Å². The van der Waals surface area contributed by atoms with E-state index in [1.54, 1.807) is 12.5 Å². The van der Waals surface area contributed by atoms with Crippen molar-refractivity contribution in [2.24, 2.45) is 0 Å². The zero-order chi connectivity index (χ0) is 10.8. The first-order chi connectivity index (χ1) is 7.93. The predicted octanol–water partition coefficient (Wildman–Crippen LogP) is -0.345. The van der Waals surface area contributed by atoms with E-state index in [1.165, 1.54) is 0 Å². The topological polar surface area (TPSA) is 64.3 Å². The molecule has 1 aliphatic rings. The summed E-state index contributed by atoms with van der Waals surface area (Å²) in [6, 6.07) is 2.17. The molecule has 0 saturated carbocycles. The summed E-state index contributed by atoms with van der Waals surface area (Å²) in [5, 5.41) is 11.7. The van der Waals surface area contributed by atoms with E-state index < -0.39 is 0 Å². The number of fused-ring (bicyclic) bond motifs is 1. The lowest BCUT2D eigenvalue weighted by Crippen LogP contribution is -2.42. The number of rotatable bonds is 2. The molecule has 2 aromatic heterocycles. The molecule has 0 amide bonds. The van der Waals surface area contributed by atoms with Crippen molar-refractivity contribution in [1.82, 2.24) is 24.9 Å². The summed E-state index contributed by atoms with van der Waals surface area (Å²) in [5.74, 6) is 0.922. The van der Waals surface area contributed by atoms with Gasteiger partial charge in [0.05, 0.1) is 13.2 Å². The van der Waals surface area contributed by atoms with Crippen LogP contribution in [-0.4, -0.2) is 45.4 Å². The van der Waals surface area contributed by atoms with Crippen molar-refractivity contribution in [3.8, 4) is 0 Å². The first kappa shape index (κ1) is 9.68. The Labute approximate surface area is 92.7 Å². The molecule has 6 nitrogen and oxygen atoms in total. The summed E-state index contributed by atoms with van der Waals surface area (Å²) in [4.78, 5) is 4.07. The standard InChI is InChI=1S/C10H13N5O/c1-2-11-7-15-9(1)13-14-10(15)5-8-6-16-4-3-12-8/h1-2,7-8,12H,3-6H2. The normalized spacial score (nSPS) is 21.4. The molecule has 0 radical (unpaired) electrons. The van der Waals surface area contributed by atoms with Gasteiger partial charge in [-0.1, -0.05) is 0 Å². The number of nitrogens with zero attached hydrogens (tertiary/aromatic N) is 4. The van der Waals surface area contributed by atoms with E-state index in [0.29, 0.717) is 6.04 Å². The van der Waals surface area contributed by atoms with Crippen LogP contribution in [0.15, 0.2) is 18.6 Å². The summed E-state index contributed by atoms with van der Waals surface area (Å²) in [7, 11) is 0. The zero-order valence-electron chi connectivity index (χ0n) is 8.83. The van der Waals surface area contributed by atoms with Gasteiger partial charge in [0.15, 0.2) is 5.65 Å². The maximum atomic E-state index is 5.41. The van der Waals surface area contributed by atoms with Crippen LogP contribution in [0.1, 0.15) is 5.82 Å². The van der Waals surface area contributed by atoms with Gasteiger partial charge in [0, 0.05) is 31.3 Å². The smallest absolute Gasteiger partial charge is 0.163 e. The highest BCUT2D eigenvalue weighted by Crippen LogP contribution is 2.05. The number of hydrogen-bond acceptors (Lipinski definition) is 5. The van der Waals surface area contributed by atoms with Gasteiger partial charge in [-0.25, -0.2) is 4.98 Å². The molecule has 1 fully saturated rings. The third-order valence-electron chi connectivity index (χ3n) is 2.71. The minimum Gasteiger partial charge on any atom is -0.379 e. The second-order valence-corrected chi connectivity index (χ2v) is 3.85. The molecule has 1 aliphatic heterocycles. The Balaban J connectivity index is 1.83. The van der Waals surface area contributed by atoms with Crippen molar-refractivity contribution in [3.05, 3.63) is 24.4 Å². The lowest BCUT2D eigenvalue weighted by molar-refractivity contribution is 0.0763. The van der Waals surface area contributed by atoms with Crippen LogP contribution in [0.2, 0.25) is 0 Å². The van der Waals surface area contributed by atoms with Gasteiger partial charge >= 0.3 is 0 Å². The molecular weight excluding hydrogens is 206 g/mol. The van der Waals surface area contributed by atoms with Gasteiger partial charge in [0.1, 0.15) is 12.2 Å². The van der Waals surface area contributed by atoms with E-state index in [0.717, 1.165) is 37.7 Å². The molecule has 2 aromatic rings. The summed E-state index contributed by atoms with van der Waals surface area (Å²) >= 11 is 0. The quantitative estimate of drug-likeness (QED) is 0.748. The monoisotopic (exact) mass is 219 g/mol. The Bertz CT molecular complexity index is 477. The lowest BCUT2D eigenvalue weighted by atomic mass is 10.2. The molecule has 1 atom stereocenters. The highest BCUT2D eigenvalue weighted by Gasteiger charge is 2.16. The Morgan fingerprint density at radius 1 is 1.50 bits per heavy atom. The number of aromatic nitrogens is 4. The summed E-state index contributed by atoms with van der Waals surface area (Å²) in [6.45, 7) is 2.42. The second-order valence-electron chi connectivity index (χ2n) is 3.85. The Hall–Kier alpha value is -1.53. The Morgan fingerprint density at radius 3 is 3.38 bits per heavy atom. The highest BCUT2D eigenvalue weighted by molar-refractivity contribution is 5.35. The minimum atomic E-state index is 0.321. The third kappa shape index (κ3) is 1.77. The molecule has 0 aromatic carbocycles. The summed E-state index contributed by atoms with van der Waals surface area (Å²) < 4.78 is 7.32. The van der Waals surface area contributed by atoms with Crippen LogP contribution in [0.3, 0.4) is 0 Å². The SMILES string of the molecule is c1cc2nnc(CC3COCCN3)n2cn1. The van der Waals surface area contributed by atoms with Crippen LogP contribution in [0.25, 0.3) is 5.65 Å². The Morgan fingerprint density at radius 2 is 2.50 bits per heavy atom. The number of morpholine rings is 1. The largest absolute Gasteiger partial charge is 0.379 e. The van der Waals surface area contributed by atoms with Crippen LogP contribution in [-0.2, 0) is 11.2 Å². The maximum absolute atomic E-state index is 5.41. The fourth-order valence-corrected chi connectivity index (χ4v) is 1.90. The number of hydrogen-bond donors (Lipinski definition) is 1. The van der Waals surface area contributed by atoms with Gasteiger partial charge in [-0.15, -0.1) is 10.2 Å². The number of nitrogens with one attached hydrogen (secondary N) is 1.